The molecule has 8 heteroatoms. The van der Waals surface area contributed by atoms with Crippen LogP contribution < -0.4 is 5.32 Å². The van der Waals surface area contributed by atoms with Crippen LogP contribution in [-0.4, -0.2) is 30.5 Å². The molecule has 0 aliphatic carbocycles. The van der Waals surface area contributed by atoms with Crippen LogP contribution in [0.25, 0.3) is 17.0 Å². The van der Waals surface area contributed by atoms with Crippen LogP contribution in [0.5, 0.6) is 0 Å². The van der Waals surface area contributed by atoms with Crippen LogP contribution in [-0.2, 0) is 0 Å². The molecule has 0 atom stereocenters. The Hall–Kier alpha value is -3.13. The molecule has 0 fully saturated rings. The van der Waals surface area contributed by atoms with E-state index in [1.165, 1.54) is 15.9 Å². The van der Waals surface area contributed by atoms with Crippen LogP contribution >= 0.6 is 11.3 Å². The Balaban J connectivity index is 1.57. The maximum absolute atomic E-state index is 12.3. The molecule has 4 rings (SSSR count). The number of anilines is 1. The lowest BCUT2D eigenvalue weighted by atomic mass is 10.2. The van der Waals surface area contributed by atoms with Crippen LogP contribution in [0.4, 0.5) is 5.13 Å². The Kier molecular flexibility index (Phi) is 3.51. The molecule has 1 amide bonds. The van der Waals surface area contributed by atoms with Gasteiger partial charge < -0.3 is 0 Å². The molecule has 4 aromatic rings. The summed E-state index contributed by atoms with van der Waals surface area (Å²) in [7, 11) is 0. The number of nitrogens with one attached hydrogen (secondary N) is 1. The Morgan fingerprint density at radius 2 is 2.00 bits per heavy atom. The van der Waals surface area contributed by atoms with Crippen LogP contribution in [0.1, 0.15) is 16.3 Å². The quantitative estimate of drug-likeness (QED) is 0.622. The molecule has 0 saturated carbocycles. The summed E-state index contributed by atoms with van der Waals surface area (Å²) in [5.41, 5.74) is 2.67. The van der Waals surface area contributed by atoms with E-state index in [0.29, 0.717) is 10.9 Å². The van der Waals surface area contributed by atoms with Gasteiger partial charge in [-0.3, -0.25) is 10.1 Å². The Bertz CT molecular complexity index is 1020. The Morgan fingerprint density at radius 3 is 2.79 bits per heavy atom. The first-order valence-electron chi connectivity index (χ1n) is 7.21. The molecule has 7 nitrogen and oxygen atoms in total. The van der Waals surface area contributed by atoms with Crippen molar-refractivity contribution in [1.29, 1.82) is 0 Å². The van der Waals surface area contributed by atoms with E-state index in [9.17, 15) is 4.79 Å². The van der Waals surface area contributed by atoms with Crippen molar-refractivity contribution in [2.75, 3.05) is 5.32 Å². The smallest absolute Gasteiger partial charge is 0.295 e. The average Bonchev–Trinajstić information content (AvgIpc) is 3.23. The van der Waals surface area contributed by atoms with Gasteiger partial charge in [-0.25, -0.2) is 14.5 Å². The van der Waals surface area contributed by atoms with Crippen LogP contribution in [0.3, 0.4) is 0 Å². The van der Waals surface area contributed by atoms with Gasteiger partial charge in [-0.05, 0) is 13.0 Å². The van der Waals surface area contributed by atoms with Crippen molar-refractivity contribution in [1.82, 2.24) is 24.6 Å². The molecule has 24 heavy (non-hydrogen) atoms. The highest BCUT2D eigenvalue weighted by molar-refractivity contribution is 7.14. The van der Waals surface area contributed by atoms with Crippen molar-refractivity contribution >= 4 is 28.2 Å². The van der Waals surface area contributed by atoms with Gasteiger partial charge >= 0.3 is 0 Å². The molecule has 0 aliphatic heterocycles. The number of amides is 1. The van der Waals surface area contributed by atoms with Crippen molar-refractivity contribution in [2.45, 2.75) is 6.92 Å². The van der Waals surface area contributed by atoms with Gasteiger partial charge in [0, 0.05) is 22.8 Å². The number of nitrogens with zero attached hydrogens (tertiary/aromatic N) is 5. The number of thiazole rings is 1. The predicted molar refractivity (Wildman–Crippen MR) is 91.0 cm³/mol. The fourth-order valence-corrected chi connectivity index (χ4v) is 2.94. The summed E-state index contributed by atoms with van der Waals surface area (Å²) in [5, 5.41) is 9.31. The number of aryl methyl sites for hydroxylation is 1. The number of hydrogen-bond donors (Lipinski definition) is 1. The zero-order valence-electron chi connectivity index (χ0n) is 12.7. The third-order valence-electron chi connectivity index (χ3n) is 3.43. The Labute approximate surface area is 141 Å². The molecule has 118 valence electrons. The molecule has 3 heterocycles. The molecule has 1 aromatic carbocycles. The summed E-state index contributed by atoms with van der Waals surface area (Å²) in [6.07, 6.45) is 1.63. The second kappa shape index (κ2) is 5.82. The van der Waals surface area contributed by atoms with Gasteiger partial charge in [0.1, 0.15) is 0 Å². The van der Waals surface area contributed by atoms with Crippen molar-refractivity contribution in [3.05, 3.63) is 59.5 Å². The van der Waals surface area contributed by atoms with Crippen molar-refractivity contribution in [2.24, 2.45) is 0 Å². The topological polar surface area (TPSA) is 85.1 Å². The first kappa shape index (κ1) is 14.5. The molecule has 0 spiro atoms. The fourth-order valence-electron chi connectivity index (χ4n) is 2.23. The molecular weight excluding hydrogens is 324 g/mol. The number of carbonyl (C=O) groups is 1. The zero-order valence-corrected chi connectivity index (χ0v) is 13.5. The molecule has 0 radical (unpaired) electrons. The van der Waals surface area contributed by atoms with E-state index in [4.69, 9.17) is 0 Å². The maximum atomic E-state index is 12.3. The number of fused-ring (bicyclic) bond motifs is 1. The standard InChI is InChI=1S/C16H12N6OS/c1-10-7-8-17-15-19-13(21-22(10)15)14(23)20-16-18-12(9-24-16)11-5-3-2-4-6-11/h2-9H,1H3,(H,18,20,23). The Morgan fingerprint density at radius 1 is 1.17 bits per heavy atom. The summed E-state index contributed by atoms with van der Waals surface area (Å²) < 4.78 is 1.53. The number of rotatable bonds is 3. The van der Waals surface area contributed by atoms with Gasteiger partial charge in [-0.1, -0.05) is 30.3 Å². The third-order valence-corrected chi connectivity index (χ3v) is 4.18. The number of aromatic nitrogens is 5. The minimum absolute atomic E-state index is 0.0632. The summed E-state index contributed by atoms with van der Waals surface area (Å²) in [4.78, 5) is 25.0. The SMILES string of the molecule is Cc1ccnc2nc(C(=O)Nc3nc(-c4ccccc4)cs3)nn12. The van der Waals surface area contributed by atoms with Crippen LogP contribution in [0.2, 0.25) is 0 Å². The predicted octanol–water partition coefficient (Wildman–Crippen LogP) is 2.81. The van der Waals surface area contributed by atoms with E-state index in [0.717, 1.165) is 17.0 Å². The molecule has 1 N–H and O–H groups in total. The lowest BCUT2D eigenvalue weighted by Crippen LogP contribution is -2.13. The van der Waals surface area contributed by atoms with E-state index in [2.05, 4.69) is 25.4 Å². The lowest BCUT2D eigenvalue weighted by Gasteiger charge is -1.97. The van der Waals surface area contributed by atoms with Crippen molar-refractivity contribution < 1.29 is 4.79 Å². The fraction of sp³-hybridized carbons (Fsp3) is 0.0625. The van der Waals surface area contributed by atoms with Crippen molar-refractivity contribution in [3.8, 4) is 11.3 Å². The third kappa shape index (κ3) is 2.63. The number of carbonyl (C=O) groups excluding carboxylic acids is 1. The normalized spacial score (nSPS) is 10.9. The van der Waals surface area contributed by atoms with Gasteiger partial charge in [0.2, 0.25) is 5.82 Å². The summed E-state index contributed by atoms with van der Waals surface area (Å²) in [6.45, 7) is 1.87. The lowest BCUT2D eigenvalue weighted by molar-refractivity contribution is 0.101. The number of hydrogen-bond acceptors (Lipinski definition) is 6. The second-order valence-corrected chi connectivity index (χ2v) is 5.95. The summed E-state index contributed by atoms with van der Waals surface area (Å²) >= 11 is 1.36. The molecule has 0 bridgehead atoms. The van der Waals surface area contributed by atoms with E-state index in [1.807, 2.05) is 42.6 Å². The minimum atomic E-state index is -0.408. The van der Waals surface area contributed by atoms with E-state index in [-0.39, 0.29) is 5.82 Å². The van der Waals surface area contributed by atoms with Crippen LogP contribution in [0.15, 0.2) is 48.0 Å². The highest BCUT2D eigenvalue weighted by atomic mass is 32.1. The van der Waals surface area contributed by atoms with Gasteiger partial charge in [0.05, 0.1) is 5.69 Å². The molecule has 0 unspecified atom stereocenters. The van der Waals surface area contributed by atoms with E-state index in [1.54, 1.807) is 12.3 Å². The number of benzene rings is 1. The average molecular weight is 336 g/mol. The minimum Gasteiger partial charge on any atom is -0.295 e. The largest absolute Gasteiger partial charge is 0.297 e. The molecular formula is C16H12N6OS. The monoisotopic (exact) mass is 336 g/mol. The van der Waals surface area contributed by atoms with Gasteiger partial charge in [-0.15, -0.1) is 16.4 Å². The van der Waals surface area contributed by atoms with Gasteiger partial charge in [0.25, 0.3) is 11.7 Å². The second-order valence-electron chi connectivity index (χ2n) is 5.09. The van der Waals surface area contributed by atoms with Gasteiger partial charge in [-0.2, -0.15) is 4.98 Å². The summed E-state index contributed by atoms with van der Waals surface area (Å²) in [6, 6.07) is 11.6. The van der Waals surface area contributed by atoms with Crippen LogP contribution in [0, 0.1) is 6.92 Å². The molecule has 0 aliphatic rings. The first-order chi connectivity index (χ1) is 11.7. The molecule has 3 aromatic heterocycles. The highest BCUT2D eigenvalue weighted by Crippen LogP contribution is 2.24. The van der Waals surface area contributed by atoms with Crippen molar-refractivity contribution in [3.63, 3.8) is 0 Å². The molecule has 0 saturated heterocycles. The summed E-state index contributed by atoms with van der Waals surface area (Å²) in [5.74, 6) is 0.0476. The van der Waals surface area contributed by atoms with E-state index >= 15 is 0 Å². The van der Waals surface area contributed by atoms with Gasteiger partial charge in [0.15, 0.2) is 5.13 Å². The first-order valence-corrected chi connectivity index (χ1v) is 8.09. The highest BCUT2D eigenvalue weighted by Gasteiger charge is 2.16. The maximum Gasteiger partial charge on any atom is 0.297 e. The zero-order chi connectivity index (χ0) is 16.5. The van der Waals surface area contributed by atoms with E-state index < -0.39 is 5.91 Å².